The number of ketones is 1. The van der Waals surface area contributed by atoms with E-state index in [9.17, 15) is 82.5 Å². The molecule has 3 saturated carbocycles. The van der Waals surface area contributed by atoms with E-state index in [1.807, 2.05) is 36.4 Å². The number of esters is 1. The number of rotatable bonds is 13. The lowest BCUT2D eigenvalue weighted by atomic mass is 9.74. The van der Waals surface area contributed by atoms with Gasteiger partial charge in [0.1, 0.15) is 18.9 Å². The summed E-state index contributed by atoms with van der Waals surface area (Å²) in [4.78, 5) is 29.4. The minimum absolute atomic E-state index is 0. The largest absolute Gasteiger partial charge is 1.00 e. The predicted molar refractivity (Wildman–Crippen MR) is 511 cm³/mol. The molecule has 11 heterocycles. The Morgan fingerprint density at radius 3 is 1.31 bits per heavy atom. The first-order chi connectivity index (χ1) is 61.1. The molecule has 2 bridgehead atoms. The number of hydrogen-bond acceptors (Lipinski definition) is 15. The minimum atomic E-state index is -6.72. The fourth-order valence-corrected chi connectivity index (χ4v) is 25.2. The van der Waals surface area contributed by atoms with Crippen LogP contribution in [0.1, 0.15) is 250 Å². The Bertz CT molecular complexity index is 3950. The first kappa shape index (κ1) is 137. The third kappa shape index (κ3) is 50.3. The van der Waals surface area contributed by atoms with Crippen LogP contribution in [0.2, 0.25) is 0 Å². The molecule has 1 N–H and O–H groups in total. The van der Waals surface area contributed by atoms with E-state index >= 15 is 0 Å². The van der Waals surface area contributed by atoms with Gasteiger partial charge in [-0.25, -0.2) is 38.5 Å². The second-order valence-corrected chi connectivity index (χ2v) is 50.3. The van der Waals surface area contributed by atoms with Gasteiger partial charge in [0.25, 0.3) is 0 Å². The third-order valence-corrected chi connectivity index (χ3v) is 35.0. The summed E-state index contributed by atoms with van der Waals surface area (Å²) < 4.78 is 190. The number of likely N-dealkylation sites (N-methyl/N-ethyl adjacent to an activating group) is 3. The van der Waals surface area contributed by atoms with Crippen LogP contribution in [0.4, 0.5) is 34.1 Å². The fraction of sp³-hybridized carbons (Fsp3) is 0.895. The van der Waals surface area contributed by atoms with Gasteiger partial charge in [0.2, 0.25) is 20.8 Å². The van der Waals surface area contributed by atoms with Crippen LogP contribution in [0.5, 0.6) is 0 Å². The van der Waals surface area contributed by atoms with Crippen molar-refractivity contribution in [1.82, 2.24) is 9.80 Å². The van der Waals surface area contributed by atoms with Gasteiger partial charge in [-0.1, -0.05) is 88.3 Å². The van der Waals surface area contributed by atoms with E-state index in [-0.39, 0.29) is 132 Å². The van der Waals surface area contributed by atoms with Crippen molar-refractivity contribution in [1.29, 1.82) is 0 Å². The number of fused-ring (bicyclic) bond motifs is 5. The lowest BCUT2D eigenvalue weighted by Gasteiger charge is -2.48. The van der Waals surface area contributed by atoms with Crippen molar-refractivity contribution in [2.75, 3.05) is 237 Å². The average Bonchev–Trinajstić information content (AvgIpc) is 1.78. The van der Waals surface area contributed by atoms with Gasteiger partial charge in [-0.15, -0.1) is 7.77 Å². The van der Waals surface area contributed by atoms with Gasteiger partial charge in [-0.05, 0) is 166 Å². The standard InChI is InChI=1S/C19H28NO3.2C11H22N.C10H20N2.C9H16NO.C9H20N.C8H18NO.C8H18N.C8H16N.C2F6NO4S2.F2NO4S2.5HI/c1-20(2)13-12-17(14-20)23-18(21)19(22,16-10-6-7-11-16)15-8-4-3-5-9-15;1-12(2)9-5-7-10-6-3-4-8-11(10)12;1-12(2)8-7-10-5-3-4-6-11(10)9-12;1-11-7-5-9-12-8-4-2-3-6-10(11)12;1-10(2)7-3-4-8(10)6-9(11)5-7;1-10(2)8-6-4-3-5-7-9-10;1-9(7-8-10-2)5-3-4-6-9;1-9(2)7-5-3-4-6-8-9;1-3-6-9(2)7-4-5-8-9;3-1(4,5)14(10,11)9-15(12,13)2(6,7)8;1-8(4,5)3-9(2,6)7;;;;;/h3-5,8-9,16-17,22H,6-7,10-14H2,1-2H3;2*10-11H,3-9H2,1-2H3;10H,2-9H2,1H3;7-8H,3-6H2,1-2H3;3-9H2,1-2H3;3-8H2,1-2H3;3-8H2,1-2H3;3H,1,4-8H2,2H3;;;5*1H/q3*+1;;5*+1;2*-1;;;;;/p-5. The molecule has 9 unspecified atom stereocenters. The van der Waals surface area contributed by atoms with E-state index in [2.05, 4.69) is 122 Å². The summed E-state index contributed by atoms with van der Waals surface area (Å²) in [7, 11) is 11.9. The molecule has 15 rings (SSSR count). The van der Waals surface area contributed by atoms with Crippen LogP contribution in [0.15, 0.2) is 43.0 Å². The number of carbonyl (C=O) groups excluding carboxylic acids is 2. The number of carbonyl (C=O) groups is 2. The molecule has 0 spiro atoms. The van der Waals surface area contributed by atoms with Crippen molar-refractivity contribution in [2.24, 2.45) is 23.7 Å². The highest BCUT2D eigenvalue weighted by Crippen LogP contribution is 2.44. The van der Waals surface area contributed by atoms with Crippen LogP contribution in [0.3, 0.4) is 0 Å². The molecule has 14 fully saturated rings. The number of ether oxygens (including phenoxy) is 2. The number of benzene rings is 1. The van der Waals surface area contributed by atoms with Crippen LogP contribution in [0, 0.1) is 23.7 Å². The van der Waals surface area contributed by atoms with Crippen molar-refractivity contribution in [2.45, 2.75) is 291 Å². The fourth-order valence-electron chi connectivity index (χ4n) is 22.7. The van der Waals surface area contributed by atoms with E-state index in [0.717, 1.165) is 118 Å². The Morgan fingerprint density at radius 1 is 0.460 bits per heavy atom. The molecule has 11 aliphatic heterocycles. The summed E-state index contributed by atoms with van der Waals surface area (Å²) in [6.45, 7) is 28.1. The molecule has 1 aromatic carbocycles. The number of alkyl halides is 6. The van der Waals surface area contributed by atoms with E-state index < -0.39 is 63.5 Å². The topological polar surface area (TPSA) is 244 Å². The van der Waals surface area contributed by atoms with E-state index in [4.69, 9.17) is 9.47 Å². The first-order valence-corrected chi connectivity index (χ1v) is 55.4. The first-order valence-electron chi connectivity index (χ1n) is 49.8. The third-order valence-electron chi connectivity index (χ3n) is 30.9. The number of nitrogens with zero attached hydrogens (tertiary/aromatic N) is 12. The molecule has 0 aromatic heterocycles. The Labute approximate surface area is 910 Å². The summed E-state index contributed by atoms with van der Waals surface area (Å²) in [5.74, 6) is 3.24. The summed E-state index contributed by atoms with van der Waals surface area (Å²) in [6.07, 6.45) is 54.0. The highest BCUT2D eigenvalue weighted by Gasteiger charge is 2.52. The van der Waals surface area contributed by atoms with E-state index in [0.29, 0.717) is 23.4 Å². The molecule has 812 valence electrons. The van der Waals surface area contributed by atoms with Gasteiger partial charge in [0.05, 0.1) is 227 Å². The van der Waals surface area contributed by atoms with Gasteiger partial charge >= 0.3 is 17.0 Å². The number of likely N-dealkylation sites (tertiary alicyclic amines) is 7. The van der Waals surface area contributed by atoms with Crippen LogP contribution in [0.25, 0.3) is 8.25 Å². The van der Waals surface area contributed by atoms with E-state index in [1.54, 1.807) is 7.11 Å². The second-order valence-electron chi connectivity index (χ2n) is 44.6. The molecular formula is C95H180F8I5N12O13S4+. The van der Waals surface area contributed by atoms with Crippen molar-refractivity contribution in [3.05, 3.63) is 56.8 Å². The number of methoxy groups -OCH3 is 1. The average molecular weight is 2610 g/mol. The van der Waals surface area contributed by atoms with Crippen molar-refractivity contribution < 1.29 is 248 Å². The zero-order valence-corrected chi connectivity index (χ0v) is 100.0. The molecule has 0 amide bonds. The van der Waals surface area contributed by atoms with Gasteiger partial charge in [-0.3, -0.25) is 14.6 Å². The number of piperidine rings is 3. The molecule has 3 aliphatic carbocycles. The number of hydrogen-bond donors (Lipinski definition) is 1. The molecule has 0 radical (unpaired) electrons. The number of Topliss-reactive ketones (excluding diaryl/α,β-unsaturated/α-hetero) is 1. The molecule has 1 aromatic rings. The van der Waals surface area contributed by atoms with Crippen LogP contribution >= 0.6 is 0 Å². The summed E-state index contributed by atoms with van der Waals surface area (Å²) in [5.41, 5.74) is -13.2. The van der Waals surface area contributed by atoms with Gasteiger partial charge < -0.3 is 179 Å². The lowest BCUT2D eigenvalue weighted by Crippen LogP contribution is -3.00. The molecule has 137 heavy (non-hydrogen) atoms. The Kier molecular flexibility index (Phi) is 63.1. The van der Waals surface area contributed by atoms with Gasteiger partial charge in [0, 0.05) is 82.9 Å². The molecular weight excluding hydrogens is 2430 g/mol. The molecule has 42 heteroatoms. The summed E-state index contributed by atoms with van der Waals surface area (Å²) in [6, 6.07) is 11.6. The maximum atomic E-state index is 12.9. The second kappa shape index (κ2) is 62.9. The van der Waals surface area contributed by atoms with Crippen LogP contribution < -0.4 is 120 Å². The molecule has 11 saturated heterocycles. The molecule has 9 atom stereocenters. The van der Waals surface area contributed by atoms with Crippen molar-refractivity contribution in [3.8, 4) is 0 Å². The van der Waals surface area contributed by atoms with Crippen molar-refractivity contribution >= 4 is 52.6 Å². The smallest absolute Gasteiger partial charge is 0.480 e. The minimum Gasteiger partial charge on any atom is -1.00 e. The summed E-state index contributed by atoms with van der Waals surface area (Å²) in [5, 5.41) is 11.4. The maximum absolute atomic E-state index is 12.9. The molecule has 25 nitrogen and oxygen atoms in total. The van der Waals surface area contributed by atoms with Gasteiger partial charge in [-0.2, -0.15) is 26.3 Å². The monoisotopic (exact) mass is 2610 g/mol. The number of aliphatic hydroxyl groups is 1. The zero-order valence-electron chi connectivity index (χ0n) is 85.9. The van der Waals surface area contributed by atoms with Crippen LogP contribution in [-0.2, 0) is 65.5 Å². The van der Waals surface area contributed by atoms with Gasteiger partial charge in [0.15, 0.2) is 31.8 Å². The Morgan fingerprint density at radius 2 is 0.869 bits per heavy atom. The van der Waals surface area contributed by atoms with Crippen molar-refractivity contribution in [3.63, 3.8) is 0 Å². The highest BCUT2D eigenvalue weighted by molar-refractivity contribution is 8.13. The Balaban J connectivity index is 0.00000150. The highest BCUT2D eigenvalue weighted by atomic mass is 127. The normalized spacial score (nSPS) is 27.5. The quantitative estimate of drug-likeness (QED) is 0.0734. The summed E-state index contributed by atoms with van der Waals surface area (Å²) >= 11 is 0. The molecule has 14 aliphatic rings. The number of quaternary nitrogens is 8. The van der Waals surface area contributed by atoms with Crippen LogP contribution in [-0.4, -0.2) is 375 Å². The number of halogens is 13. The lowest BCUT2D eigenvalue weighted by molar-refractivity contribution is -0.926. The predicted octanol–water partition coefficient (Wildman–Crippen LogP) is 1.44. The number of sulfonamides is 2. The zero-order chi connectivity index (χ0) is 99.0. The maximum Gasteiger partial charge on any atom is 0.480 e. The Hall–Kier alpha value is 0.430. The van der Waals surface area contributed by atoms with E-state index in [1.165, 1.54) is 324 Å². The SMILES string of the molecule is C=CC[N+]1(C)CCCC1.CN1CCCN2CCCCCC12.COCC[N+]1(C)CCCC1.C[N+]1(C)C2CCC1CC(=O)C2.C[N+]1(C)CCC(OC(=O)C(O)(c2ccccc2)C2CCCC2)C1.C[N+]1(C)CCC2CCCCC2C1.C[N+]1(C)CCCC2CCCCC21.C[N+]1(C)CCCCCC1.C[N+]1(C)CCCCCCC1.O=S(=O)(F)[N-]S(=O)(=O)F.O=S(=O)([N-]S(=O)(=O)C(F)(F)F)C(F)(F)F.[I-].[I-].[I-].[I-].[I-].